The van der Waals surface area contributed by atoms with E-state index in [2.05, 4.69) is 5.32 Å². The van der Waals surface area contributed by atoms with E-state index in [1.807, 2.05) is 6.07 Å². The van der Waals surface area contributed by atoms with Gasteiger partial charge in [-0.15, -0.1) is 0 Å². The third-order valence-corrected chi connectivity index (χ3v) is 3.07. The fraction of sp³-hybridized carbons (Fsp3) is 0.125. The number of aldehydes is 1. The Morgan fingerprint density at radius 2 is 1.91 bits per heavy atom. The molecule has 0 saturated heterocycles. The highest BCUT2D eigenvalue weighted by atomic mass is 16.6. The smallest absolute Gasteiger partial charge is 0.283 e. The molecule has 0 aliphatic heterocycles. The molecule has 2 aromatic carbocycles. The molecule has 1 atom stereocenters. The van der Waals surface area contributed by atoms with Gasteiger partial charge in [0.15, 0.2) is 12.4 Å². The quantitative estimate of drug-likeness (QED) is 0.502. The zero-order chi connectivity index (χ0) is 16.8. The molecule has 0 fully saturated rings. The van der Waals surface area contributed by atoms with Gasteiger partial charge < -0.3 is 10.1 Å². The Kier molecular flexibility index (Phi) is 5.03. The van der Waals surface area contributed by atoms with Crippen LogP contribution in [0.4, 0.5) is 11.4 Å². The van der Waals surface area contributed by atoms with Crippen molar-refractivity contribution in [3.8, 4) is 5.75 Å². The summed E-state index contributed by atoms with van der Waals surface area (Å²) in [5, 5.41) is 13.6. The molecule has 0 spiro atoms. The van der Waals surface area contributed by atoms with Gasteiger partial charge in [0.1, 0.15) is 11.3 Å². The van der Waals surface area contributed by atoms with Crippen LogP contribution in [0, 0.1) is 10.1 Å². The first kappa shape index (κ1) is 16.2. The normalized spacial score (nSPS) is 11.3. The van der Waals surface area contributed by atoms with E-state index in [9.17, 15) is 19.7 Å². The molecule has 23 heavy (non-hydrogen) atoms. The third kappa shape index (κ3) is 3.91. The third-order valence-electron chi connectivity index (χ3n) is 3.07. The maximum atomic E-state index is 12.1. The number of hydrogen-bond acceptors (Lipinski definition) is 5. The van der Waals surface area contributed by atoms with Crippen molar-refractivity contribution in [1.29, 1.82) is 0 Å². The monoisotopic (exact) mass is 314 g/mol. The maximum absolute atomic E-state index is 12.1. The first-order chi connectivity index (χ1) is 11.0. The van der Waals surface area contributed by atoms with Gasteiger partial charge in [0.2, 0.25) is 0 Å². The van der Waals surface area contributed by atoms with E-state index in [0.717, 1.165) is 0 Å². The first-order valence-electron chi connectivity index (χ1n) is 6.78. The van der Waals surface area contributed by atoms with Gasteiger partial charge in [-0.05, 0) is 25.1 Å². The molecule has 2 aromatic rings. The number of anilines is 1. The molecule has 0 saturated carbocycles. The Labute approximate surface area is 132 Å². The van der Waals surface area contributed by atoms with Crippen molar-refractivity contribution in [1.82, 2.24) is 0 Å². The van der Waals surface area contributed by atoms with Crippen molar-refractivity contribution in [2.75, 3.05) is 5.32 Å². The highest BCUT2D eigenvalue weighted by Crippen LogP contribution is 2.27. The number of ether oxygens (including phenoxy) is 1. The first-order valence-corrected chi connectivity index (χ1v) is 6.78. The van der Waals surface area contributed by atoms with Gasteiger partial charge in [-0.2, -0.15) is 0 Å². The molecule has 0 aliphatic rings. The zero-order valence-corrected chi connectivity index (χ0v) is 12.3. The number of hydrogen-bond donors (Lipinski definition) is 1. The van der Waals surface area contributed by atoms with E-state index in [4.69, 9.17) is 4.74 Å². The lowest BCUT2D eigenvalue weighted by Gasteiger charge is -2.15. The highest BCUT2D eigenvalue weighted by Gasteiger charge is 2.21. The van der Waals surface area contributed by atoms with Gasteiger partial charge in [-0.1, -0.05) is 24.3 Å². The fourth-order valence-electron chi connectivity index (χ4n) is 1.92. The van der Waals surface area contributed by atoms with Crippen LogP contribution in [0.5, 0.6) is 5.75 Å². The Balaban J connectivity index is 2.15. The SMILES string of the molecule is CC(Oc1cccc([N+](=O)[O-])c1C=O)C(=O)Nc1ccccc1. The average molecular weight is 314 g/mol. The minimum absolute atomic E-state index is 0.00934. The van der Waals surface area contributed by atoms with Crippen molar-refractivity contribution in [2.45, 2.75) is 13.0 Å². The summed E-state index contributed by atoms with van der Waals surface area (Å²) in [4.78, 5) is 33.4. The maximum Gasteiger partial charge on any atom is 0.283 e. The number of benzene rings is 2. The van der Waals surface area contributed by atoms with Crippen LogP contribution in [-0.4, -0.2) is 23.2 Å². The van der Waals surface area contributed by atoms with Crippen molar-refractivity contribution in [3.63, 3.8) is 0 Å². The molecule has 0 radical (unpaired) electrons. The van der Waals surface area contributed by atoms with Crippen LogP contribution in [0.15, 0.2) is 48.5 Å². The number of nitro benzene ring substituents is 1. The standard InChI is InChI=1S/C16H14N2O5/c1-11(16(20)17-12-6-3-2-4-7-12)23-15-9-5-8-14(18(21)22)13(15)10-19/h2-11H,1H3,(H,17,20). The summed E-state index contributed by atoms with van der Waals surface area (Å²) in [5.74, 6) is -0.440. The van der Waals surface area contributed by atoms with E-state index >= 15 is 0 Å². The Bertz CT molecular complexity index is 731. The number of carbonyl (C=O) groups excluding carboxylic acids is 2. The highest BCUT2D eigenvalue weighted by molar-refractivity contribution is 5.94. The van der Waals surface area contributed by atoms with Crippen molar-refractivity contribution in [3.05, 3.63) is 64.2 Å². The number of nitrogens with zero attached hydrogens (tertiary/aromatic N) is 1. The van der Waals surface area contributed by atoms with Crippen molar-refractivity contribution < 1.29 is 19.2 Å². The van der Waals surface area contributed by atoms with Crippen LogP contribution in [0.3, 0.4) is 0 Å². The molecule has 118 valence electrons. The van der Waals surface area contributed by atoms with Gasteiger partial charge in [0.25, 0.3) is 11.6 Å². The molecule has 7 heteroatoms. The number of rotatable bonds is 6. The lowest BCUT2D eigenvalue weighted by atomic mass is 10.1. The van der Waals surface area contributed by atoms with E-state index in [1.54, 1.807) is 24.3 Å². The second-order valence-corrected chi connectivity index (χ2v) is 4.68. The molecule has 0 aromatic heterocycles. The second-order valence-electron chi connectivity index (χ2n) is 4.68. The summed E-state index contributed by atoms with van der Waals surface area (Å²) >= 11 is 0. The summed E-state index contributed by atoms with van der Waals surface area (Å²) in [6, 6.07) is 12.8. The largest absolute Gasteiger partial charge is 0.480 e. The number of para-hydroxylation sites is 1. The minimum Gasteiger partial charge on any atom is -0.480 e. The molecular weight excluding hydrogens is 300 g/mol. The summed E-state index contributed by atoms with van der Waals surface area (Å²) in [6.45, 7) is 1.49. The van der Waals surface area contributed by atoms with Crippen LogP contribution < -0.4 is 10.1 Å². The number of carbonyl (C=O) groups is 2. The van der Waals surface area contributed by atoms with Crippen LogP contribution in [0.2, 0.25) is 0 Å². The van der Waals surface area contributed by atoms with Gasteiger partial charge in [-0.25, -0.2) is 0 Å². The number of nitrogens with one attached hydrogen (secondary N) is 1. The van der Waals surface area contributed by atoms with E-state index in [0.29, 0.717) is 12.0 Å². The average Bonchev–Trinajstić information content (AvgIpc) is 2.55. The molecule has 0 bridgehead atoms. The summed E-state index contributed by atoms with van der Waals surface area (Å²) in [6.07, 6.45) is -0.592. The molecule has 0 aliphatic carbocycles. The lowest BCUT2D eigenvalue weighted by Crippen LogP contribution is -2.30. The van der Waals surface area contributed by atoms with Crippen molar-refractivity contribution >= 4 is 23.6 Å². The second kappa shape index (κ2) is 7.17. The number of nitro groups is 1. The van der Waals surface area contributed by atoms with E-state index in [1.165, 1.54) is 25.1 Å². The zero-order valence-electron chi connectivity index (χ0n) is 12.3. The molecule has 1 unspecified atom stereocenters. The van der Waals surface area contributed by atoms with Crippen LogP contribution in [0.1, 0.15) is 17.3 Å². The predicted octanol–water partition coefficient (Wildman–Crippen LogP) is 2.81. The van der Waals surface area contributed by atoms with Crippen LogP contribution in [0.25, 0.3) is 0 Å². The Morgan fingerprint density at radius 3 is 2.52 bits per heavy atom. The van der Waals surface area contributed by atoms with Gasteiger partial charge in [-0.3, -0.25) is 19.7 Å². The Hall–Kier alpha value is -3.22. The molecule has 2 rings (SSSR count). The van der Waals surface area contributed by atoms with Crippen LogP contribution in [-0.2, 0) is 4.79 Å². The molecule has 1 amide bonds. The summed E-state index contributed by atoms with van der Waals surface area (Å²) in [5.41, 5.74) is 0.0348. The van der Waals surface area contributed by atoms with Gasteiger partial charge >= 0.3 is 0 Å². The van der Waals surface area contributed by atoms with Crippen LogP contribution >= 0.6 is 0 Å². The summed E-state index contributed by atoms with van der Waals surface area (Å²) in [7, 11) is 0. The molecule has 0 heterocycles. The number of amides is 1. The molecule has 7 nitrogen and oxygen atoms in total. The lowest BCUT2D eigenvalue weighted by molar-refractivity contribution is -0.385. The minimum atomic E-state index is -0.934. The fourth-order valence-corrected chi connectivity index (χ4v) is 1.92. The molecular formula is C16H14N2O5. The van der Waals surface area contributed by atoms with Gasteiger partial charge in [0.05, 0.1) is 4.92 Å². The summed E-state index contributed by atoms with van der Waals surface area (Å²) < 4.78 is 5.41. The predicted molar refractivity (Wildman–Crippen MR) is 83.6 cm³/mol. The van der Waals surface area contributed by atoms with Crippen molar-refractivity contribution in [2.24, 2.45) is 0 Å². The topological polar surface area (TPSA) is 98.5 Å². The van der Waals surface area contributed by atoms with E-state index < -0.39 is 16.9 Å². The molecule has 1 N–H and O–H groups in total. The Morgan fingerprint density at radius 1 is 1.22 bits per heavy atom. The van der Waals surface area contributed by atoms with E-state index in [-0.39, 0.29) is 17.0 Å². The van der Waals surface area contributed by atoms with Gasteiger partial charge in [0, 0.05) is 11.8 Å².